The summed E-state index contributed by atoms with van der Waals surface area (Å²) in [7, 11) is 0. The molecule has 0 saturated carbocycles. The Morgan fingerprint density at radius 3 is 2.41 bits per heavy atom. The first-order chi connectivity index (χ1) is 10.5. The fourth-order valence-electron chi connectivity index (χ4n) is 2.03. The number of benzene rings is 1. The van der Waals surface area contributed by atoms with E-state index in [2.05, 4.69) is 17.6 Å². The molecule has 0 spiro atoms. The van der Waals surface area contributed by atoms with Crippen LogP contribution in [0.4, 0.5) is 5.69 Å². The maximum atomic E-state index is 12.0. The minimum absolute atomic E-state index is 0.0648. The zero-order valence-electron chi connectivity index (χ0n) is 13.5. The summed E-state index contributed by atoms with van der Waals surface area (Å²) in [6, 6.07) is 7.48. The summed E-state index contributed by atoms with van der Waals surface area (Å²) in [6.45, 7) is 5.48. The molecule has 0 aliphatic carbocycles. The third-order valence-corrected chi connectivity index (χ3v) is 3.56. The summed E-state index contributed by atoms with van der Waals surface area (Å²) >= 11 is 0. The third-order valence-electron chi connectivity index (χ3n) is 3.56. The van der Waals surface area contributed by atoms with E-state index in [1.165, 1.54) is 0 Å². The van der Waals surface area contributed by atoms with Crippen molar-refractivity contribution in [3.8, 4) is 0 Å². The highest BCUT2D eigenvalue weighted by atomic mass is 16.2. The van der Waals surface area contributed by atoms with Gasteiger partial charge in [0.15, 0.2) is 0 Å². The molecule has 2 amide bonds. The summed E-state index contributed by atoms with van der Waals surface area (Å²) in [4.78, 5) is 22.9. The molecule has 0 unspecified atom stereocenters. The van der Waals surface area contributed by atoms with Crippen LogP contribution in [0.15, 0.2) is 24.3 Å². The molecule has 5 nitrogen and oxygen atoms in total. The van der Waals surface area contributed by atoms with Crippen molar-refractivity contribution in [2.75, 3.05) is 18.4 Å². The van der Waals surface area contributed by atoms with Gasteiger partial charge in [0.2, 0.25) is 5.91 Å². The molecule has 0 heterocycles. The second kappa shape index (κ2) is 9.82. The van der Waals surface area contributed by atoms with E-state index < -0.39 is 0 Å². The van der Waals surface area contributed by atoms with Gasteiger partial charge in [-0.15, -0.1) is 0 Å². The van der Waals surface area contributed by atoms with Crippen molar-refractivity contribution in [3.05, 3.63) is 29.8 Å². The van der Waals surface area contributed by atoms with Gasteiger partial charge in [0.1, 0.15) is 0 Å². The number of hydrogen-bond donors (Lipinski definition) is 3. The number of nitrogens with two attached hydrogens (primary N) is 1. The number of carbonyl (C=O) groups excluding carboxylic acids is 2. The van der Waals surface area contributed by atoms with Gasteiger partial charge in [-0.2, -0.15) is 0 Å². The van der Waals surface area contributed by atoms with Crippen molar-refractivity contribution >= 4 is 17.5 Å². The van der Waals surface area contributed by atoms with Crippen molar-refractivity contribution in [2.45, 2.75) is 39.5 Å². The number of amides is 2. The lowest BCUT2D eigenvalue weighted by atomic mass is 10.0. The van der Waals surface area contributed by atoms with Gasteiger partial charge in [-0.25, -0.2) is 0 Å². The Hall–Kier alpha value is -2.04. The number of anilines is 1. The Morgan fingerprint density at radius 1 is 1.14 bits per heavy atom. The van der Waals surface area contributed by atoms with Gasteiger partial charge in [-0.1, -0.05) is 20.3 Å². The molecular weight excluding hydrogens is 278 g/mol. The van der Waals surface area contributed by atoms with Crippen LogP contribution in [0, 0.1) is 5.92 Å². The Kier molecular flexibility index (Phi) is 8.04. The molecule has 0 radical (unpaired) electrons. The molecule has 0 saturated heterocycles. The highest BCUT2D eigenvalue weighted by Gasteiger charge is 2.08. The van der Waals surface area contributed by atoms with E-state index in [1.807, 2.05) is 31.2 Å². The molecule has 5 heteroatoms. The van der Waals surface area contributed by atoms with Crippen LogP contribution in [0.2, 0.25) is 0 Å². The van der Waals surface area contributed by atoms with Gasteiger partial charge in [-0.05, 0) is 43.5 Å². The highest BCUT2D eigenvalue weighted by Crippen LogP contribution is 2.10. The van der Waals surface area contributed by atoms with Crippen LogP contribution in [-0.2, 0) is 4.79 Å². The summed E-state index contributed by atoms with van der Waals surface area (Å²) in [5.41, 5.74) is 6.89. The van der Waals surface area contributed by atoms with Gasteiger partial charge in [0, 0.05) is 30.3 Å². The fraction of sp³-hybridized carbons (Fsp3) is 0.529. The quantitative estimate of drug-likeness (QED) is 0.581. The lowest BCUT2D eigenvalue weighted by Crippen LogP contribution is -2.25. The van der Waals surface area contributed by atoms with E-state index >= 15 is 0 Å². The molecule has 4 N–H and O–H groups in total. The molecule has 122 valence electrons. The van der Waals surface area contributed by atoms with E-state index in [-0.39, 0.29) is 17.7 Å². The molecule has 1 aromatic carbocycles. The normalized spacial score (nSPS) is 11.7. The van der Waals surface area contributed by atoms with Crippen molar-refractivity contribution in [3.63, 3.8) is 0 Å². The molecule has 22 heavy (non-hydrogen) atoms. The van der Waals surface area contributed by atoms with Crippen LogP contribution < -0.4 is 16.4 Å². The van der Waals surface area contributed by atoms with Crippen molar-refractivity contribution in [2.24, 2.45) is 11.7 Å². The average Bonchev–Trinajstić information content (AvgIpc) is 2.52. The largest absolute Gasteiger partial charge is 0.385 e. The molecular formula is C17H27N3O2. The molecule has 0 fully saturated rings. The molecule has 0 bridgehead atoms. The van der Waals surface area contributed by atoms with Crippen molar-refractivity contribution in [1.29, 1.82) is 0 Å². The molecule has 0 aromatic heterocycles. The predicted octanol–water partition coefficient (Wildman–Crippen LogP) is 2.53. The van der Waals surface area contributed by atoms with E-state index in [0.29, 0.717) is 12.1 Å². The van der Waals surface area contributed by atoms with Crippen LogP contribution in [0.3, 0.4) is 0 Å². The second-order valence-electron chi connectivity index (χ2n) is 5.56. The first kappa shape index (κ1) is 18.0. The number of primary amides is 1. The number of unbranched alkanes of at least 4 members (excludes halogenated alkanes) is 1. The number of rotatable bonds is 10. The molecule has 1 aromatic rings. The molecule has 1 rings (SSSR count). The monoisotopic (exact) mass is 305 g/mol. The van der Waals surface area contributed by atoms with Crippen LogP contribution in [-0.4, -0.2) is 24.9 Å². The fourth-order valence-corrected chi connectivity index (χ4v) is 2.03. The predicted molar refractivity (Wildman–Crippen MR) is 89.8 cm³/mol. The van der Waals surface area contributed by atoms with Crippen LogP contribution in [0.25, 0.3) is 0 Å². The minimum Gasteiger partial charge on any atom is -0.385 e. The average molecular weight is 305 g/mol. The van der Waals surface area contributed by atoms with Gasteiger partial charge in [0.05, 0.1) is 0 Å². The topological polar surface area (TPSA) is 84.2 Å². The second-order valence-corrected chi connectivity index (χ2v) is 5.56. The summed E-state index contributed by atoms with van der Waals surface area (Å²) in [6.07, 6.45) is 3.56. The van der Waals surface area contributed by atoms with Gasteiger partial charge < -0.3 is 16.4 Å². The molecule has 0 aliphatic rings. The smallest absolute Gasteiger partial charge is 0.251 e. The van der Waals surface area contributed by atoms with Crippen LogP contribution >= 0.6 is 0 Å². The zero-order valence-corrected chi connectivity index (χ0v) is 13.5. The number of nitrogens with one attached hydrogen (secondary N) is 2. The Labute approximate surface area is 132 Å². The Bertz CT molecular complexity index is 471. The van der Waals surface area contributed by atoms with E-state index in [9.17, 15) is 9.59 Å². The lowest BCUT2D eigenvalue weighted by molar-refractivity contribution is -0.121. The van der Waals surface area contributed by atoms with E-state index in [4.69, 9.17) is 5.73 Å². The van der Waals surface area contributed by atoms with Gasteiger partial charge >= 0.3 is 0 Å². The first-order valence-electron chi connectivity index (χ1n) is 7.96. The summed E-state index contributed by atoms with van der Waals surface area (Å²) in [5.74, 6) is -0.426. The van der Waals surface area contributed by atoms with Crippen molar-refractivity contribution in [1.82, 2.24) is 5.32 Å². The number of carbonyl (C=O) groups is 2. The Morgan fingerprint density at radius 2 is 1.82 bits per heavy atom. The summed E-state index contributed by atoms with van der Waals surface area (Å²) < 4.78 is 0. The summed E-state index contributed by atoms with van der Waals surface area (Å²) in [5, 5.41) is 6.16. The first-order valence-corrected chi connectivity index (χ1v) is 7.96. The van der Waals surface area contributed by atoms with E-state index in [0.717, 1.165) is 37.9 Å². The number of hydrogen-bond acceptors (Lipinski definition) is 3. The minimum atomic E-state index is -0.263. The standard InChI is InChI=1S/C17H27N3O2/c1-3-11-19-15-9-7-14(8-10-15)17(22)20-12-5-4-6-13(2)16(18)21/h7-10,13,19H,3-6,11-12H2,1-2H3,(H2,18,21)(H,20,22)/t13-/m0/s1. The van der Waals surface area contributed by atoms with Gasteiger partial charge in [0.25, 0.3) is 5.91 Å². The van der Waals surface area contributed by atoms with Crippen LogP contribution in [0.1, 0.15) is 49.9 Å². The van der Waals surface area contributed by atoms with Crippen LogP contribution in [0.5, 0.6) is 0 Å². The maximum Gasteiger partial charge on any atom is 0.251 e. The maximum absolute atomic E-state index is 12.0. The lowest BCUT2D eigenvalue weighted by Gasteiger charge is -2.09. The SMILES string of the molecule is CCCNc1ccc(C(=O)NCCCC[C@H](C)C(N)=O)cc1. The molecule has 1 atom stereocenters. The zero-order chi connectivity index (χ0) is 16.4. The van der Waals surface area contributed by atoms with Crippen molar-refractivity contribution < 1.29 is 9.59 Å². The highest BCUT2D eigenvalue weighted by molar-refractivity contribution is 5.94. The van der Waals surface area contributed by atoms with Gasteiger partial charge in [-0.3, -0.25) is 9.59 Å². The molecule has 0 aliphatic heterocycles. The van der Waals surface area contributed by atoms with E-state index in [1.54, 1.807) is 0 Å². The third kappa shape index (κ3) is 6.61. The Balaban J connectivity index is 2.26.